The Labute approximate surface area is 157 Å². The fraction of sp³-hybridized carbons (Fsp3) is 0.421. The largest absolute Gasteiger partial charge is 0.489 e. The predicted octanol–water partition coefficient (Wildman–Crippen LogP) is 1.71. The molecule has 27 heavy (non-hydrogen) atoms. The molecule has 1 aliphatic heterocycles. The second-order valence-corrected chi connectivity index (χ2v) is 6.56. The molecule has 1 unspecified atom stereocenters. The van der Waals surface area contributed by atoms with Crippen molar-refractivity contribution >= 4 is 11.2 Å². The fourth-order valence-electron chi connectivity index (χ4n) is 3.35. The zero-order valence-corrected chi connectivity index (χ0v) is 15.1. The van der Waals surface area contributed by atoms with E-state index in [1.807, 2.05) is 4.68 Å². The Morgan fingerprint density at radius 1 is 1.22 bits per heavy atom. The minimum absolute atomic E-state index is 0.280. The maximum Gasteiger partial charge on any atom is 0.177 e. The first kappa shape index (κ1) is 17.8. The standard InChI is InChI=1S/C19H23FN6O/c20-15-3-1-2-4-16(15)27-12-10-21-9-11-26-19-18(23-7-8-24-19)17(25-26)14-5-6-22-13-14/h1-4,7-8,14,21-22H,5-6,9-13H2. The van der Waals surface area contributed by atoms with Gasteiger partial charge in [0.1, 0.15) is 12.1 Å². The second kappa shape index (κ2) is 8.41. The van der Waals surface area contributed by atoms with Crippen LogP contribution in [0.1, 0.15) is 18.0 Å². The van der Waals surface area contributed by atoms with Crippen LogP contribution in [0.4, 0.5) is 4.39 Å². The highest BCUT2D eigenvalue weighted by atomic mass is 19.1. The van der Waals surface area contributed by atoms with Gasteiger partial charge in [-0.2, -0.15) is 5.10 Å². The van der Waals surface area contributed by atoms with Crippen molar-refractivity contribution in [1.82, 2.24) is 30.4 Å². The van der Waals surface area contributed by atoms with Crippen LogP contribution in [0.25, 0.3) is 11.2 Å². The van der Waals surface area contributed by atoms with Crippen molar-refractivity contribution in [2.45, 2.75) is 18.9 Å². The van der Waals surface area contributed by atoms with Gasteiger partial charge in [-0.25, -0.2) is 19.0 Å². The maximum absolute atomic E-state index is 13.5. The van der Waals surface area contributed by atoms with Gasteiger partial charge >= 0.3 is 0 Å². The minimum Gasteiger partial charge on any atom is -0.489 e. The summed E-state index contributed by atoms with van der Waals surface area (Å²) in [5, 5.41) is 11.5. The third kappa shape index (κ3) is 4.06. The molecule has 1 aliphatic rings. The molecule has 3 heterocycles. The summed E-state index contributed by atoms with van der Waals surface area (Å²) in [6, 6.07) is 6.42. The van der Waals surface area contributed by atoms with Crippen LogP contribution in [0.15, 0.2) is 36.7 Å². The number of benzene rings is 1. The molecule has 2 aromatic heterocycles. The van der Waals surface area contributed by atoms with E-state index in [4.69, 9.17) is 9.84 Å². The number of ether oxygens (including phenoxy) is 1. The third-order valence-corrected chi connectivity index (χ3v) is 4.71. The van der Waals surface area contributed by atoms with Crippen LogP contribution in [0.2, 0.25) is 0 Å². The molecule has 4 rings (SSSR count). The van der Waals surface area contributed by atoms with Gasteiger partial charge < -0.3 is 15.4 Å². The highest BCUT2D eigenvalue weighted by Gasteiger charge is 2.24. The number of hydrogen-bond acceptors (Lipinski definition) is 6. The SMILES string of the molecule is Fc1ccccc1OCCNCCn1nc(C2CCNC2)c2nccnc21. The van der Waals surface area contributed by atoms with E-state index in [-0.39, 0.29) is 11.6 Å². The quantitative estimate of drug-likeness (QED) is 0.588. The van der Waals surface area contributed by atoms with E-state index in [9.17, 15) is 4.39 Å². The molecular weight excluding hydrogens is 347 g/mol. The number of aromatic nitrogens is 4. The molecule has 7 nitrogen and oxygen atoms in total. The summed E-state index contributed by atoms with van der Waals surface area (Å²) in [6.45, 7) is 4.39. The lowest BCUT2D eigenvalue weighted by Crippen LogP contribution is -2.25. The number of nitrogens with zero attached hydrogens (tertiary/aromatic N) is 4. The monoisotopic (exact) mass is 370 g/mol. The van der Waals surface area contributed by atoms with Crippen molar-refractivity contribution in [3.63, 3.8) is 0 Å². The molecule has 1 fully saturated rings. The Morgan fingerprint density at radius 2 is 2.11 bits per heavy atom. The Bertz CT molecular complexity index is 893. The lowest BCUT2D eigenvalue weighted by molar-refractivity contribution is 0.297. The van der Waals surface area contributed by atoms with E-state index in [0.717, 1.165) is 42.9 Å². The predicted molar refractivity (Wildman–Crippen MR) is 100 cm³/mol. The molecule has 0 radical (unpaired) electrons. The number of nitrogens with one attached hydrogen (secondary N) is 2. The van der Waals surface area contributed by atoms with Crippen molar-refractivity contribution in [2.75, 3.05) is 32.8 Å². The topological polar surface area (TPSA) is 76.9 Å². The third-order valence-electron chi connectivity index (χ3n) is 4.71. The van der Waals surface area contributed by atoms with Crippen LogP contribution in [-0.2, 0) is 6.54 Å². The van der Waals surface area contributed by atoms with E-state index in [1.54, 1.807) is 30.6 Å². The normalized spacial score (nSPS) is 16.9. The molecule has 142 valence electrons. The van der Waals surface area contributed by atoms with Crippen molar-refractivity contribution in [3.8, 4) is 5.75 Å². The number of fused-ring (bicyclic) bond motifs is 1. The highest BCUT2D eigenvalue weighted by Crippen LogP contribution is 2.26. The zero-order valence-electron chi connectivity index (χ0n) is 15.1. The maximum atomic E-state index is 13.5. The van der Waals surface area contributed by atoms with Crippen LogP contribution in [-0.4, -0.2) is 52.5 Å². The van der Waals surface area contributed by atoms with Crippen molar-refractivity contribution in [3.05, 3.63) is 48.2 Å². The molecule has 0 saturated carbocycles. The van der Waals surface area contributed by atoms with E-state index >= 15 is 0 Å². The van der Waals surface area contributed by atoms with Crippen LogP contribution < -0.4 is 15.4 Å². The lowest BCUT2D eigenvalue weighted by atomic mass is 10.0. The first-order chi connectivity index (χ1) is 13.3. The van der Waals surface area contributed by atoms with Gasteiger partial charge in [-0.15, -0.1) is 0 Å². The van der Waals surface area contributed by atoms with Gasteiger partial charge in [0.15, 0.2) is 17.2 Å². The Morgan fingerprint density at radius 3 is 2.96 bits per heavy atom. The molecule has 0 aliphatic carbocycles. The zero-order chi connectivity index (χ0) is 18.5. The summed E-state index contributed by atoms with van der Waals surface area (Å²) in [7, 11) is 0. The van der Waals surface area contributed by atoms with Crippen LogP contribution in [0.3, 0.4) is 0 Å². The van der Waals surface area contributed by atoms with E-state index < -0.39 is 0 Å². The molecule has 0 amide bonds. The van der Waals surface area contributed by atoms with Crippen molar-refractivity contribution < 1.29 is 9.13 Å². The van der Waals surface area contributed by atoms with Gasteiger partial charge in [0.2, 0.25) is 0 Å². The van der Waals surface area contributed by atoms with Crippen molar-refractivity contribution in [2.24, 2.45) is 0 Å². The smallest absolute Gasteiger partial charge is 0.177 e. The van der Waals surface area contributed by atoms with E-state index in [1.165, 1.54) is 6.07 Å². The van der Waals surface area contributed by atoms with Crippen LogP contribution in [0, 0.1) is 5.82 Å². The first-order valence-electron chi connectivity index (χ1n) is 9.29. The Balaban J connectivity index is 1.31. The van der Waals surface area contributed by atoms with E-state index in [2.05, 4.69) is 20.6 Å². The molecule has 2 N–H and O–H groups in total. The summed E-state index contributed by atoms with van der Waals surface area (Å²) >= 11 is 0. The van der Waals surface area contributed by atoms with Gasteiger partial charge in [0, 0.05) is 37.9 Å². The number of rotatable bonds is 8. The Hall–Kier alpha value is -2.58. The average Bonchev–Trinajstić information content (AvgIpc) is 3.34. The molecule has 1 saturated heterocycles. The van der Waals surface area contributed by atoms with Gasteiger partial charge in [-0.05, 0) is 25.1 Å². The molecule has 1 atom stereocenters. The Kier molecular flexibility index (Phi) is 5.55. The molecule has 8 heteroatoms. The van der Waals surface area contributed by atoms with Crippen LogP contribution in [0.5, 0.6) is 5.75 Å². The highest BCUT2D eigenvalue weighted by molar-refractivity contribution is 5.73. The molecule has 1 aromatic carbocycles. The fourth-order valence-corrected chi connectivity index (χ4v) is 3.35. The van der Waals surface area contributed by atoms with Gasteiger partial charge in [0.25, 0.3) is 0 Å². The summed E-state index contributed by atoms with van der Waals surface area (Å²) in [4.78, 5) is 8.96. The summed E-state index contributed by atoms with van der Waals surface area (Å²) in [5.74, 6) is 0.336. The van der Waals surface area contributed by atoms with E-state index in [0.29, 0.717) is 25.6 Å². The first-order valence-corrected chi connectivity index (χ1v) is 9.29. The molecule has 3 aromatic rings. The summed E-state index contributed by atoms with van der Waals surface area (Å²) < 4.78 is 20.8. The molecule has 0 bridgehead atoms. The second-order valence-electron chi connectivity index (χ2n) is 6.56. The molecular formula is C19H23FN6O. The molecule has 0 spiro atoms. The lowest BCUT2D eigenvalue weighted by Gasteiger charge is -2.08. The summed E-state index contributed by atoms with van der Waals surface area (Å²) in [5.41, 5.74) is 2.75. The minimum atomic E-state index is -0.340. The summed E-state index contributed by atoms with van der Waals surface area (Å²) in [6.07, 6.45) is 4.50. The number of hydrogen-bond donors (Lipinski definition) is 2. The van der Waals surface area contributed by atoms with Gasteiger partial charge in [0.05, 0.1) is 12.2 Å². The average molecular weight is 370 g/mol. The van der Waals surface area contributed by atoms with Gasteiger partial charge in [-0.1, -0.05) is 12.1 Å². The van der Waals surface area contributed by atoms with Crippen molar-refractivity contribution in [1.29, 1.82) is 0 Å². The van der Waals surface area contributed by atoms with Gasteiger partial charge in [-0.3, -0.25) is 0 Å². The van der Waals surface area contributed by atoms with Crippen LogP contribution >= 0.6 is 0 Å². The number of para-hydroxylation sites is 1. The number of halogens is 1.